The minimum atomic E-state index is -1.17. The van der Waals surface area contributed by atoms with E-state index in [0.29, 0.717) is 12.5 Å². The van der Waals surface area contributed by atoms with Crippen LogP contribution in [0.1, 0.15) is 26.7 Å². The second-order valence-electron chi connectivity index (χ2n) is 4.35. The Hall–Kier alpha value is -1.36. The summed E-state index contributed by atoms with van der Waals surface area (Å²) in [6.07, 6.45) is 3.53. The molecule has 1 atom stereocenters. The summed E-state index contributed by atoms with van der Waals surface area (Å²) in [5, 5.41) is 8.33. The zero-order valence-electron chi connectivity index (χ0n) is 9.43. The van der Waals surface area contributed by atoms with Gasteiger partial charge in [0, 0.05) is 12.2 Å². The summed E-state index contributed by atoms with van der Waals surface area (Å²) in [5.41, 5.74) is -0.591. The van der Waals surface area contributed by atoms with Gasteiger partial charge in [-0.3, -0.25) is 0 Å². The molecule has 1 fully saturated rings. The van der Waals surface area contributed by atoms with Crippen LogP contribution < -0.4 is 0 Å². The normalized spacial score (nSPS) is 19.8. The topological polar surface area (TPSA) is 76.1 Å². The number of hydrogen-bond acceptors (Lipinski definition) is 4. The molecule has 1 aliphatic rings. The van der Waals surface area contributed by atoms with Crippen LogP contribution >= 0.6 is 0 Å². The van der Waals surface area contributed by atoms with Gasteiger partial charge in [-0.1, -0.05) is 0 Å². The Morgan fingerprint density at radius 2 is 2.12 bits per heavy atom. The van der Waals surface area contributed by atoms with Gasteiger partial charge in [0.05, 0.1) is 12.7 Å². The molecule has 1 N–H and O–H groups in total. The smallest absolute Gasteiger partial charge is 0.331 e. The van der Waals surface area contributed by atoms with Gasteiger partial charge in [-0.15, -0.1) is 0 Å². The first-order valence-electron chi connectivity index (χ1n) is 5.15. The zero-order chi connectivity index (χ0) is 12.2. The van der Waals surface area contributed by atoms with Gasteiger partial charge in [-0.2, -0.15) is 0 Å². The number of aliphatic carboxylic acids is 1. The molecule has 16 heavy (non-hydrogen) atoms. The van der Waals surface area contributed by atoms with Crippen LogP contribution in [0.5, 0.6) is 0 Å². The molecule has 1 heterocycles. The molecule has 0 amide bonds. The highest BCUT2D eigenvalue weighted by atomic mass is 16.6. The van der Waals surface area contributed by atoms with E-state index in [1.165, 1.54) is 0 Å². The molecular weight excluding hydrogens is 212 g/mol. The lowest BCUT2D eigenvalue weighted by molar-refractivity contribution is -0.151. The molecule has 0 radical (unpaired) electrons. The van der Waals surface area contributed by atoms with Gasteiger partial charge in [0.25, 0.3) is 0 Å². The van der Waals surface area contributed by atoms with Crippen LogP contribution in [0.15, 0.2) is 12.2 Å². The van der Waals surface area contributed by atoms with Gasteiger partial charge in [-0.05, 0) is 26.7 Å². The number of ether oxygens (including phenoxy) is 2. The van der Waals surface area contributed by atoms with Crippen molar-refractivity contribution in [1.82, 2.24) is 0 Å². The van der Waals surface area contributed by atoms with Gasteiger partial charge in [-0.25, -0.2) is 9.59 Å². The first kappa shape index (κ1) is 12.7. The molecule has 1 unspecified atom stereocenters. The summed E-state index contributed by atoms with van der Waals surface area (Å²) in [4.78, 5) is 21.4. The number of carboxylic acid groups (broad SMARTS) is 1. The molecule has 1 rings (SSSR count). The number of carbonyl (C=O) groups excluding carboxylic acids is 1. The average Bonchev–Trinajstić information content (AvgIpc) is 2.94. The third-order valence-corrected chi connectivity index (χ3v) is 2.21. The van der Waals surface area contributed by atoms with E-state index in [4.69, 9.17) is 14.6 Å². The van der Waals surface area contributed by atoms with Crippen LogP contribution in [0.4, 0.5) is 0 Å². The van der Waals surface area contributed by atoms with Crippen molar-refractivity contribution >= 4 is 11.9 Å². The Bertz CT molecular complexity index is 301. The highest BCUT2D eigenvalue weighted by Crippen LogP contribution is 2.23. The van der Waals surface area contributed by atoms with Crippen molar-refractivity contribution in [3.05, 3.63) is 12.2 Å². The number of esters is 1. The SMILES string of the molecule is CC(C)(CCC1CO1)OC(=O)/C=C\C(=O)O. The number of epoxide rings is 1. The third-order valence-electron chi connectivity index (χ3n) is 2.21. The van der Waals surface area contributed by atoms with E-state index >= 15 is 0 Å². The first-order valence-corrected chi connectivity index (χ1v) is 5.15. The van der Waals surface area contributed by atoms with Crippen LogP contribution in [-0.4, -0.2) is 35.4 Å². The lowest BCUT2D eigenvalue weighted by Crippen LogP contribution is -2.27. The molecule has 5 nitrogen and oxygen atoms in total. The summed E-state index contributed by atoms with van der Waals surface area (Å²) < 4.78 is 10.2. The van der Waals surface area contributed by atoms with Crippen molar-refractivity contribution in [3.63, 3.8) is 0 Å². The van der Waals surface area contributed by atoms with E-state index in [2.05, 4.69) is 0 Å². The summed E-state index contributed by atoms with van der Waals surface area (Å²) in [6, 6.07) is 0. The van der Waals surface area contributed by atoms with Crippen molar-refractivity contribution in [1.29, 1.82) is 0 Å². The van der Waals surface area contributed by atoms with E-state index in [0.717, 1.165) is 25.2 Å². The van der Waals surface area contributed by atoms with E-state index in [1.54, 1.807) is 13.8 Å². The highest BCUT2D eigenvalue weighted by molar-refractivity contribution is 5.90. The molecule has 0 aromatic rings. The maximum absolute atomic E-state index is 11.2. The van der Waals surface area contributed by atoms with Crippen molar-refractivity contribution < 1.29 is 24.2 Å². The molecule has 0 aromatic carbocycles. The molecule has 90 valence electrons. The fourth-order valence-corrected chi connectivity index (χ4v) is 1.24. The predicted molar refractivity (Wildman–Crippen MR) is 55.9 cm³/mol. The lowest BCUT2D eigenvalue weighted by Gasteiger charge is -2.23. The van der Waals surface area contributed by atoms with Crippen molar-refractivity contribution in [2.45, 2.75) is 38.4 Å². The largest absolute Gasteiger partial charge is 0.478 e. The van der Waals surface area contributed by atoms with E-state index in [-0.39, 0.29) is 0 Å². The minimum absolute atomic E-state index is 0.299. The van der Waals surface area contributed by atoms with Gasteiger partial charge in [0.15, 0.2) is 0 Å². The standard InChI is InChI=1S/C11H16O5/c1-11(2,6-5-8-7-15-8)16-10(14)4-3-9(12)13/h3-4,8H,5-7H2,1-2H3,(H,12,13)/b4-3-. The zero-order valence-corrected chi connectivity index (χ0v) is 9.43. The van der Waals surface area contributed by atoms with Gasteiger partial charge in [0.2, 0.25) is 0 Å². The monoisotopic (exact) mass is 228 g/mol. The van der Waals surface area contributed by atoms with E-state index in [1.807, 2.05) is 0 Å². The average molecular weight is 228 g/mol. The first-order chi connectivity index (χ1) is 7.39. The minimum Gasteiger partial charge on any atom is -0.478 e. The summed E-state index contributed by atoms with van der Waals surface area (Å²) in [6.45, 7) is 4.37. The molecule has 0 saturated carbocycles. The third kappa shape index (κ3) is 5.50. The lowest BCUT2D eigenvalue weighted by atomic mass is 10.0. The Morgan fingerprint density at radius 1 is 1.50 bits per heavy atom. The molecule has 0 spiro atoms. The predicted octanol–water partition coefficient (Wildman–Crippen LogP) is 1.13. The van der Waals surface area contributed by atoms with E-state index < -0.39 is 17.5 Å². The molecule has 1 saturated heterocycles. The summed E-state index contributed by atoms with van der Waals surface area (Å²) in [5.74, 6) is -1.80. The van der Waals surface area contributed by atoms with Crippen LogP contribution in [0.25, 0.3) is 0 Å². The number of carboxylic acids is 1. The van der Waals surface area contributed by atoms with Crippen LogP contribution in [-0.2, 0) is 19.1 Å². The molecule has 0 aliphatic carbocycles. The molecule has 5 heteroatoms. The second-order valence-corrected chi connectivity index (χ2v) is 4.35. The fourth-order valence-electron chi connectivity index (χ4n) is 1.24. The van der Waals surface area contributed by atoms with E-state index in [9.17, 15) is 9.59 Å². The Morgan fingerprint density at radius 3 is 2.62 bits per heavy atom. The number of rotatable bonds is 6. The van der Waals surface area contributed by atoms with Crippen LogP contribution in [0.3, 0.4) is 0 Å². The highest BCUT2D eigenvalue weighted by Gasteiger charge is 2.28. The fraction of sp³-hybridized carbons (Fsp3) is 0.636. The quantitative estimate of drug-likeness (QED) is 0.419. The molecule has 1 aliphatic heterocycles. The van der Waals surface area contributed by atoms with Crippen molar-refractivity contribution in [2.24, 2.45) is 0 Å². The maximum Gasteiger partial charge on any atom is 0.331 e. The van der Waals surface area contributed by atoms with Crippen molar-refractivity contribution in [3.8, 4) is 0 Å². The van der Waals surface area contributed by atoms with Gasteiger partial charge in [0.1, 0.15) is 5.60 Å². The molecular formula is C11H16O5. The van der Waals surface area contributed by atoms with Gasteiger partial charge < -0.3 is 14.6 Å². The van der Waals surface area contributed by atoms with Crippen LogP contribution in [0, 0.1) is 0 Å². The van der Waals surface area contributed by atoms with Crippen LogP contribution in [0.2, 0.25) is 0 Å². The Balaban J connectivity index is 2.31. The Labute approximate surface area is 94.0 Å². The number of hydrogen-bond donors (Lipinski definition) is 1. The summed E-state index contributed by atoms with van der Waals surface area (Å²) in [7, 11) is 0. The summed E-state index contributed by atoms with van der Waals surface area (Å²) >= 11 is 0. The molecule has 0 bridgehead atoms. The van der Waals surface area contributed by atoms with Gasteiger partial charge >= 0.3 is 11.9 Å². The van der Waals surface area contributed by atoms with Crippen molar-refractivity contribution in [2.75, 3.05) is 6.61 Å². The Kier molecular flexibility index (Phi) is 4.06. The maximum atomic E-state index is 11.2. The molecule has 0 aromatic heterocycles. The number of carbonyl (C=O) groups is 2. The second kappa shape index (κ2) is 5.12.